The van der Waals surface area contributed by atoms with Crippen molar-refractivity contribution in [2.24, 2.45) is 0 Å². The van der Waals surface area contributed by atoms with Gasteiger partial charge in [-0.2, -0.15) is 4.31 Å². The molecule has 2 aromatic carbocycles. The molecule has 0 spiro atoms. The molecule has 1 aromatic heterocycles. The van der Waals surface area contributed by atoms with Crippen LogP contribution in [-0.2, 0) is 10.0 Å². The first kappa shape index (κ1) is 21.9. The normalized spacial score (nSPS) is 15.0. The maximum absolute atomic E-state index is 13.0. The van der Waals surface area contributed by atoms with Gasteiger partial charge in [-0.1, -0.05) is 53.6 Å². The van der Waals surface area contributed by atoms with E-state index in [1.54, 1.807) is 25.1 Å². The van der Waals surface area contributed by atoms with Gasteiger partial charge in [-0.15, -0.1) is 10.2 Å². The summed E-state index contributed by atoms with van der Waals surface area (Å²) in [5, 5.41) is 12.3. The molecule has 1 amide bonds. The summed E-state index contributed by atoms with van der Waals surface area (Å²) >= 11 is 7.40. The van der Waals surface area contributed by atoms with Crippen LogP contribution in [0.25, 0.3) is 10.6 Å². The minimum absolute atomic E-state index is 0.124. The third-order valence-corrected chi connectivity index (χ3v) is 8.25. The number of hydrogen-bond acceptors (Lipinski definition) is 6. The van der Waals surface area contributed by atoms with Gasteiger partial charge in [0.05, 0.1) is 9.92 Å². The molecule has 0 atom stereocenters. The van der Waals surface area contributed by atoms with Crippen molar-refractivity contribution in [1.82, 2.24) is 14.5 Å². The van der Waals surface area contributed by atoms with Crippen LogP contribution in [0.3, 0.4) is 0 Å². The van der Waals surface area contributed by atoms with Gasteiger partial charge in [0, 0.05) is 24.2 Å². The molecule has 31 heavy (non-hydrogen) atoms. The summed E-state index contributed by atoms with van der Waals surface area (Å²) in [4.78, 5) is 13.0. The summed E-state index contributed by atoms with van der Waals surface area (Å²) in [6.45, 7) is 2.78. The fraction of sp³-hybridized carbons (Fsp3) is 0.286. The Bertz CT molecular complexity index is 1220. The quantitative estimate of drug-likeness (QED) is 0.581. The largest absolute Gasteiger partial charge is 0.296 e. The maximum atomic E-state index is 13.0. The van der Waals surface area contributed by atoms with Gasteiger partial charge in [0.1, 0.15) is 0 Å². The molecule has 10 heteroatoms. The third-order valence-electron chi connectivity index (χ3n) is 5.16. The molecule has 162 valence electrons. The lowest BCUT2D eigenvalue weighted by molar-refractivity contribution is 0.102. The molecule has 0 bridgehead atoms. The molecule has 0 saturated carbocycles. The number of anilines is 1. The van der Waals surface area contributed by atoms with E-state index in [9.17, 15) is 13.2 Å². The van der Waals surface area contributed by atoms with Gasteiger partial charge in [0.2, 0.25) is 15.2 Å². The summed E-state index contributed by atoms with van der Waals surface area (Å²) in [5.74, 6) is -0.435. The first-order valence-corrected chi connectivity index (χ1v) is 12.5. The minimum atomic E-state index is -3.63. The molecular formula is C21H21ClN4O3S2. The number of amides is 1. The van der Waals surface area contributed by atoms with E-state index in [0.717, 1.165) is 24.8 Å². The second kappa shape index (κ2) is 9.04. The zero-order valence-corrected chi connectivity index (χ0v) is 19.2. The van der Waals surface area contributed by atoms with Gasteiger partial charge in [-0.3, -0.25) is 10.1 Å². The van der Waals surface area contributed by atoms with Gasteiger partial charge >= 0.3 is 0 Å². The number of benzene rings is 2. The zero-order chi connectivity index (χ0) is 22.0. The highest BCUT2D eigenvalue weighted by Gasteiger charge is 2.27. The van der Waals surface area contributed by atoms with Crippen LogP contribution in [0.1, 0.15) is 35.2 Å². The number of hydrogen-bond donors (Lipinski definition) is 1. The molecule has 1 aliphatic rings. The number of carbonyl (C=O) groups is 1. The Morgan fingerprint density at radius 1 is 1.10 bits per heavy atom. The van der Waals surface area contributed by atoms with E-state index in [1.165, 1.54) is 21.7 Å². The Morgan fingerprint density at radius 3 is 2.58 bits per heavy atom. The highest BCUT2D eigenvalue weighted by Crippen LogP contribution is 2.32. The van der Waals surface area contributed by atoms with Gasteiger partial charge in [0.15, 0.2) is 5.01 Å². The van der Waals surface area contributed by atoms with Crippen molar-refractivity contribution >= 4 is 44.0 Å². The number of aromatic nitrogens is 2. The topological polar surface area (TPSA) is 92.3 Å². The van der Waals surface area contributed by atoms with E-state index < -0.39 is 15.9 Å². The lowest BCUT2D eigenvalue weighted by Crippen LogP contribution is -2.35. The van der Waals surface area contributed by atoms with Crippen molar-refractivity contribution in [2.45, 2.75) is 31.1 Å². The molecule has 1 fully saturated rings. The number of sulfonamides is 1. The van der Waals surface area contributed by atoms with E-state index in [2.05, 4.69) is 15.5 Å². The van der Waals surface area contributed by atoms with Crippen LogP contribution >= 0.6 is 22.9 Å². The van der Waals surface area contributed by atoms with Gasteiger partial charge in [-0.05, 0) is 43.5 Å². The molecule has 3 aromatic rings. The van der Waals surface area contributed by atoms with Gasteiger partial charge < -0.3 is 0 Å². The standard InChI is InChI=1S/C21H21ClN4O3S2/c1-14-9-10-15(31(28,29)26-11-5-2-6-12-26)13-17(14)19(27)23-21-25-24-20(30-21)16-7-3-4-8-18(16)22/h3-4,7-10,13H,2,5-6,11-12H2,1H3,(H,23,25,27). The van der Waals surface area contributed by atoms with Crippen molar-refractivity contribution in [2.75, 3.05) is 18.4 Å². The molecule has 1 aliphatic heterocycles. The average Bonchev–Trinajstić information content (AvgIpc) is 3.23. The van der Waals surface area contributed by atoms with E-state index >= 15 is 0 Å². The van der Waals surface area contributed by atoms with Crippen LogP contribution in [0, 0.1) is 6.92 Å². The molecule has 1 N–H and O–H groups in total. The molecule has 0 radical (unpaired) electrons. The monoisotopic (exact) mass is 476 g/mol. The fourth-order valence-electron chi connectivity index (χ4n) is 3.44. The van der Waals surface area contributed by atoms with Gasteiger partial charge in [-0.25, -0.2) is 8.42 Å². The lowest BCUT2D eigenvalue weighted by Gasteiger charge is -2.26. The van der Waals surface area contributed by atoms with Crippen molar-refractivity contribution in [3.63, 3.8) is 0 Å². The number of nitrogens with zero attached hydrogens (tertiary/aromatic N) is 3. The molecular weight excluding hydrogens is 456 g/mol. The molecule has 1 saturated heterocycles. The highest BCUT2D eigenvalue weighted by atomic mass is 35.5. The Hall–Kier alpha value is -2.33. The second-order valence-corrected chi connectivity index (χ2v) is 10.6. The zero-order valence-electron chi connectivity index (χ0n) is 16.8. The Labute approximate surface area is 190 Å². The van der Waals surface area contributed by atoms with Crippen molar-refractivity contribution < 1.29 is 13.2 Å². The highest BCUT2D eigenvalue weighted by molar-refractivity contribution is 7.89. The van der Waals surface area contributed by atoms with Crippen LogP contribution in [-0.4, -0.2) is 41.9 Å². The van der Waals surface area contributed by atoms with Crippen LogP contribution in [0.15, 0.2) is 47.4 Å². The summed E-state index contributed by atoms with van der Waals surface area (Å²) in [6.07, 6.45) is 2.73. The molecule has 4 rings (SSSR count). The van der Waals surface area contributed by atoms with E-state index in [0.29, 0.717) is 33.8 Å². The summed E-state index contributed by atoms with van der Waals surface area (Å²) in [5.41, 5.74) is 1.69. The number of piperidine rings is 1. The SMILES string of the molecule is Cc1ccc(S(=O)(=O)N2CCCCC2)cc1C(=O)Nc1nnc(-c2ccccc2Cl)s1. The summed E-state index contributed by atoms with van der Waals surface area (Å²) in [7, 11) is -3.63. The molecule has 0 aliphatic carbocycles. The fourth-order valence-corrected chi connectivity index (χ4v) is 6.05. The number of halogens is 1. The van der Waals surface area contributed by atoms with Crippen LogP contribution < -0.4 is 5.32 Å². The predicted molar refractivity (Wildman–Crippen MR) is 122 cm³/mol. The van der Waals surface area contributed by atoms with Crippen LogP contribution in [0.5, 0.6) is 0 Å². The minimum Gasteiger partial charge on any atom is -0.296 e. The Balaban J connectivity index is 1.57. The Kier molecular flexibility index (Phi) is 6.38. The van der Waals surface area contributed by atoms with Crippen molar-refractivity contribution in [3.05, 3.63) is 58.6 Å². The number of rotatable bonds is 5. The predicted octanol–water partition coefficient (Wildman–Crippen LogP) is 4.59. The van der Waals surface area contributed by atoms with E-state index in [-0.39, 0.29) is 10.5 Å². The second-order valence-electron chi connectivity index (χ2n) is 7.29. The molecule has 0 unspecified atom stereocenters. The number of aryl methyl sites for hydroxylation is 1. The van der Waals surface area contributed by atoms with E-state index in [4.69, 9.17) is 11.6 Å². The average molecular weight is 477 g/mol. The number of nitrogens with one attached hydrogen (secondary N) is 1. The molecule has 7 nitrogen and oxygen atoms in total. The van der Waals surface area contributed by atoms with Crippen LogP contribution in [0.4, 0.5) is 5.13 Å². The first-order valence-electron chi connectivity index (χ1n) is 9.87. The Morgan fingerprint density at radius 2 is 1.84 bits per heavy atom. The van der Waals surface area contributed by atoms with Crippen molar-refractivity contribution in [3.8, 4) is 10.6 Å². The van der Waals surface area contributed by atoms with Crippen LogP contribution in [0.2, 0.25) is 5.02 Å². The third kappa shape index (κ3) is 4.64. The number of carbonyl (C=O) groups excluding carboxylic acids is 1. The van der Waals surface area contributed by atoms with Crippen molar-refractivity contribution in [1.29, 1.82) is 0 Å². The van der Waals surface area contributed by atoms with Gasteiger partial charge in [0.25, 0.3) is 5.91 Å². The summed E-state index contributed by atoms with van der Waals surface area (Å²) < 4.78 is 27.5. The first-order chi connectivity index (χ1) is 14.9. The van der Waals surface area contributed by atoms with E-state index in [1.807, 2.05) is 18.2 Å². The molecule has 2 heterocycles. The summed E-state index contributed by atoms with van der Waals surface area (Å²) in [6, 6.07) is 11.9. The smallest absolute Gasteiger partial charge is 0.257 e. The maximum Gasteiger partial charge on any atom is 0.257 e. The lowest BCUT2D eigenvalue weighted by atomic mass is 10.1.